The number of anilines is 1. The van der Waals surface area contributed by atoms with Gasteiger partial charge in [-0.2, -0.15) is 4.98 Å². The number of likely N-dealkylation sites (tertiary alicyclic amines) is 1. The van der Waals surface area contributed by atoms with Gasteiger partial charge in [0.15, 0.2) is 0 Å². The summed E-state index contributed by atoms with van der Waals surface area (Å²) < 4.78 is 11.0. The fourth-order valence-corrected chi connectivity index (χ4v) is 3.95. The Bertz CT molecular complexity index is 1500. The summed E-state index contributed by atoms with van der Waals surface area (Å²) in [6, 6.07) is 10.7. The zero-order valence-corrected chi connectivity index (χ0v) is 20.2. The van der Waals surface area contributed by atoms with Crippen LogP contribution in [0.4, 0.5) is 11.4 Å². The number of aromatic nitrogens is 4. The third kappa shape index (κ3) is 5.31. The van der Waals surface area contributed by atoms with Crippen molar-refractivity contribution in [3.8, 4) is 23.0 Å². The summed E-state index contributed by atoms with van der Waals surface area (Å²) >= 11 is 0. The largest absolute Gasteiger partial charge is 0.455 e. The van der Waals surface area contributed by atoms with E-state index in [1.165, 1.54) is 30.6 Å². The van der Waals surface area contributed by atoms with Crippen molar-refractivity contribution in [1.29, 1.82) is 0 Å². The van der Waals surface area contributed by atoms with Crippen LogP contribution in [0.5, 0.6) is 11.5 Å². The zero-order chi connectivity index (χ0) is 26.6. The van der Waals surface area contributed by atoms with Gasteiger partial charge in [-0.3, -0.25) is 24.7 Å². The lowest BCUT2D eigenvalue weighted by Gasteiger charge is -2.19. The maximum absolute atomic E-state index is 12.7. The molecule has 3 aromatic heterocycles. The van der Waals surface area contributed by atoms with Gasteiger partial charge < -0.3 is 19.5 Å². The number of hydrogen-bond acceptors (Lipinski definition) is 10. The summed E-state index contributed by atoms with van der Waals surface area (Å²) in [5, 5.41) is 18.3. The number of nitro groups is 1. The van der Waals surface area contributed by atoms with Crippen LogP contribution in [0.3, 0.4) is 0 Å². The Balaban J connectivity index is 1.49. The SMILES string of the molecule is Cc1nc(-c2ccc(Oc3cc([N+](=O)[O-])c(NC(=O)c4ccccn4)cc3CN3CCCC3=O)cn2)no1. The van der Waals surface area contributed by atoms with E-state index >= 15 is 0 Å². The van der Waals surface area contributed by atoms with Crippen molar-refractivity contribution in [2.75, 3.05) is 11.9 Å². The van der Waals surface area contributed by atoms with Crippen LogP contribution in [0, 0.1) is 17.0 Å². The highest BCUT2D eigenvalue weighted by atomic mass is 16.6. The Morgan fingerprint density at radius 3 is 2.74 bits per heavy atom. The van der Waals surface area contributed by atoms with Gasteiger partial charge in [0.05, 0.1) is 17.2 Å². The summed E-state index contributed by atoms with van der Waals surface area (Å²) in [5.41, 5.74) is 0.602. The minimum absolute atomic E-state index is 0.0326. The number of rotatable bonds is 8. The second kappa shape index (κ2) is 10.4. The molecule has 0 unspecified atom stereocenters. The molecule has 4 heterocycles. The first-order chi connectivity index (χ1) is 18.4. The smallest absolute Gasteiger partial charge is 0.296 e. The summed E-state index contributed by atoms with van der Waals surface area (Å²) in [6.45, 7) is 2.35. The molecular weight excluding hydrogens is 494 g/mol. The van der Waals surface area contributed by atoms with E-state index in [0.29, 0.717) is 48.1 Å². The highest BCUT2D eigenvalue weighted by Crippen LogP contribution is 2.37. The van der Waals surface area contributed by atoms with Crippen LogP contribution in [0.2, 0.25) is 0 Å². The van der Waals surface area contributed by atoms with E-state index < -0.39 is 10.8 Å². The fraction of sp³-hybridized carbons (Fsp3) is 0.200. The van der Waals surface area contributed by atoms with Gasteiger partial charge in [0.25, 0.3) is 11.6 Å². The van der Waals surface area contributed by atoms with Crippen LogP contribution >= 0.6 is 0 Å². The number of amides is 2. The van der Waals surface area contributed by atoms with Gasteiger partial charge in [0.1, 0.15) is 28.6 Å². The zero-order valence-electron chi connectivity index (χ0n) is 20.2. The second-order valence-corrected chi connectivity index (χ2v) is 8.44. The van der Waals surface area contributed by atoms with Crippen LogP contribution in [-0.2, 0) is 11.3 Å². The average molecular weight is 515 g/mol. The van der Waals surface area contributed by atoms with Gasteiger partial charge in [-0.1, -0.05) is 11.2 Å². The topological polar surface area (TPSA) is 166 Å². The summed E-state index contributed by atoms with van der Waals surface area (Å²) in [5.74, 6) is 0.508. The van der Waals surface area contributed by atoms with Crippen LogP contribution in [0.25, 0.3) is 11.5 Å². The van der Waals surface area contributed by atoms with E-state index in [2.05, 4.69) is 25.4 Å². The number of hydrogen-bond donors (Lipinski definition) is 1. The Labute approximate surface area is 215 Å². The minimum Gasteiger partial charge on any atom is -0.455 e. The second-order valence-electron chi connectivity index (χ2n) is 8.44. The molecule has 1 saturated heterocycles. The van der Waals surface area contributed by atoms with Gasteiger partial charge >= 0.3 is 0 Å². The normalized spacial score (nSPS) is 13.0. The van der Waals surface area contributed by atoms with Crippen molar-refractivity contribution in [2.24, 2.45) is 0 Å². The number of nitrogens with one attached hydrogen (secondary N) is 1. The molecule has 0 atom stereocenters. The maximum atomic E-state index is 12.7. The van der Waals surface area contributed by atoms with Gasteiger partial charge in [-0.25, -0.2) is 4.98 Å². The van der Waals surface area contributed by atoms with Gasteiger partial charge in [-0.15, -0.1) is 0 Å². The molecule has 2 amide bonds. The van der Waals surface area contributed by atoms with Crippen molar-refractivity contribution >= 4 is 23.2 Å². The Kier molecular flexibility index (Phi) is 6.72. The number of carbonyl (C=O) groups excluding carboxylic acids is 2. The molecule has 1 N–H and O–H groups in total. The lowest BCUT2D eigenvalue weighted by Crippen LogP contribution is -2.24. The highest BCUT2D eigenvalue weighted by Gasteiger charge is 2.26. The number of nitrogens with zero attached hydrogens (tertiary/aromatic N) is 6. The molecule has 1 aromatic carbocycles. The molecule has 0 spiro atoms. The molecule has 0 bridgehead atoms. The van der Waals surface area contributed by atoms with Crippen LogP contribution < -0.4 is 10.1 Å². The van der Waals surface area contributed by atoms with Gasteiger partial charge in [-0.05, 0) is 36.8 Å². The third-order valence-corrected chi connectivity index (χ3v) is 5.77. The van der Waals surface area contributed by atoms with E-state index in [-0.39, 0.29) is 35.3 Å². The average Bonchev–Trinajstić information content (AvgIpc) is 3.53. The van der Waals surface area contributed by atoms with Gasteiger partial charge in [0.2, 0.25) is 17.6 Å². The lowest BCUT2D eigenvalue weighted by atomic mass is 10.1. The van der Waals surface area contributed by atoms with Crippen molar-refractivity contribution < 1.29 is 23.8 Å². The Morgan fingerprint density at radius 2 is 2.11 bits per heavy atom. The van der Waals surface area contributed by atoms with E-state index in [1.54, 1.807) is 36.1 Å². The molecule has 1 aliphatic heterocycles. The molecule has 192 valence electrons. The first-order valence-electron chi connectivity index (χ1n) is 11.6. The van der Waals surface area contributed by atoms with Crippen molar-refractivity contribution in [1.82, 2.24) is 25.0 Å². The monoisotopic (exact) mass is 515 g/mol. The summed E-state index contributed by atoms with van der Waals surface area (Å²) in [4.78, 5) is 50.4. The number of benzene rings is 1. The minimum atomic E-state index is -0.619. The van der Waals surface area contributed by atoms with Crippen LogP contribution in [0.1, 0.15) is 34.8 Å². The Morgan fingerprint density at radius 1 is 1.24 bits per heavy atom. The van der Waals surface area contributed by atoms with Gasteiger partial charge in [0, 0.05) is 38.2 Å². The molecule has 4 aromatic rings. The van der Waals surface area contributed by atoms with E-state index in [1.807, 2.05) is 0 Å². The first kappa shape index (κ1) is 24.5. The fourth-order valence-electron chi connectivity index (χ4n) is 3.95. The van der Waals surface area contributed by atoms with Crippen molar-refractivity contribution in [3.63, 3.8) is 0 Å². The summed E-state index contributed by atoms with van der Waals surface area (Å²) in [6.07, 6.45) is 4.01. The predicted octanol–water partition coefficient (Wildman–Crippen LogP) is 3.91. The Hall–Kier alpha value is -5.20. The molecule has 13 heteroatoms. The van der Waals surface area contributed by atoms with Crippen LogP contribution in [0.15, 0.2) is 59.4 Å². The number of nitro benzene ring substituents is 1. The van der Waals surface area contributed by atoms with E-state index in [9.17, 15) is 19.7 Å². The molecule has 5 rings (SSSR count). The standard InChI is InChI=1S/C25H21N7O6/c1-15-28-24(30-38-15)18-8-7-17(13-27-18)37-22-12-21(32(35)36)20(29-25(34)19-5-2-3-9-26-19)11-16(22)14-31-10-4-6-23(31)33/h2-3,5,7-9,11-13H,4,6,10,14H2,1H3,(H,29,34). The molecular formula is C25H21N7O6. The van der Waals surface area contributed by atoms with Crippen molar-refractivity contribution in [3.05, 3.63) is 82.1 Å². The van der Waals surface area contributed by atoms with E-state index in [4.69, 9.17) is 9.26 Å². The predicted molar refractivity (Wildman–Crippen MR) is 132 cm³/mol. The first-order valence-corrected chi connectivity index (χ1v) is 11.6. The van der Waals surface area contributed by atoms with E-state index in [0.717, 1.165) is 0 Å². The molecule has 0 radical (unpaired) electrons. The van der Waals surface area contributed by atoms with Crippen molar-refractivity contribution in [2.45, 2.75) is 26.3 Å². The quantitative estimate of drug-likeness (QED) is 0.268. The van der Waals surface area contributed by atoms with Crippen LogP contribution in [-0.4, -0.2) is 48.3 Å². The lowest BCUT2D eigenvalue weighted by molar-refractivity contribution is -0.384. The molecule has 1 aliphatic rings. The molecule has 13 nitrogen and oxygen atoms in total. The maximum Gasteiger partial charge on any atom is 0.296 e. The number of ether oxygens (including phenoxy) is 1. The molecule has 38 heavy (non-hydrogen) atoms. The molecule has 1 fully saturated rings. The number of aryl methyl sites for hydroxylation is 1. The number of pyridine rings is 2. The third-order valence-electron chi connectivity index (χ3n) is 5.77. The summed E-state index contributed by atoms with van der Waals surface area (Å²) in [7, 11) is 0. The molecule has 0 saturated carbocycles. The molecule has 0 aliphatic carbocycles. The highest BCUT2D eigenvalue weighted by molar-refractivity contribution is 6.04. The number of carbonyl (C=O) groups is 2.